The van der Waals surface area contributed by atoms with Gasteiger partial charge >= 0.3 is 0 Å². The fraction of sp³-hybridized carbons (Fsp3) is 0.417. The Kier molecular flexibility index (Phi) is 4.79. The summed E-state index contributed by atoms with van der Waals surface area (Å²) in [6.07, 6.45) is 0.838. The van der Waals surface area contributed by atoms with Crippen molar-refractivity contribution in [2.24, 2.45) is 5.73 Å². The SMILES string of the molecule is CCC(N)CC(=O)Nc1ccc(C)cc1[N+](=O)[O-]. The molecule has 0 aliphatic heterocycles. The lowest BCUT2D eigenvalue weighted by Crippen LogP contribution is -2.26. The highest BCUT2D eigenvalue weighted by Crippen LogP contribution is 2.25. The number of carbonyl (C=O) groups is 1. The summed E-state index contributed by atoms with van der Waals surface area (Å²) in [6, 6.07) is 4.44. The summed E-state index contributed by atoms with van der Waals surface area (Å²) < 4.78 is 0. The number of anilines is 1. The number of nitro groups is 1. The van der Waals surface area contributed by atoms with Gasteiger partial charge in [-0.2, -0.15) is 0 Å². The normalized spacial score (nSPS) is 11.9. The third-order valence-corrected chi connectivity index (χ3v) is 2.60. The maximum atomic E-state index is 11.6. The van der Waals surface area contributed by atoms with Crippen LogP contribution >= 0.6 is 0 Å². The van der Waals surface area contributed by atoms with Crippen molar-refractivity contribution in [2.75, 3.05) is 5.32 Å². The van der Waals surface area contributed by atoms with E-state index < -0.39 is 4.92 Å². The first kappa shape index (κ1) is 14.1. The van der Waals surface area contributed by atoms with E-state index in [1.165, 1.54) is 12.1 Å². The van der Waals surface area contributed by atoms with E-state index in [-0.39, 0.29) is 29.7 Å². The topological polar surface area (TPSA) is 98.3 Å². The molecule has 0 fully saturated rings. The number of nitrogens with one attached hydrogen (secondary N) is 1. The number of hydrogen-bond acceptors (Lipinski definition) is 4. The third kappa shape index (κ3) is 3.81. The summed E-state index contributed by atoms with van der Waals surface area (Å²) in [4.78, 5) is 22.0. The lowest BCUT2D eigenvalue weighted by molar-refractivity contribution is -0.384. The number of nitro benzene ring substituents is 1. The molecule has 0 aliphatic carbocycles. The number of rotatable bonds is 5. The first-order chi connectivity index (χ1) is 8.43. The molecule has 0 heterocycles. The number of amides is 1. The van der Waals surface area contributed by atoms with E-state index in [0.717, 1.165) is 5.56 Å². The van der Waals surface area contributed by atoms with E-state index >= 15 is 0 Å². The Hall–Kier alpha value is -1.95. The van der Waals surface area contributed by atoms with Gasteiger partial charge in [-0.1, -0.05) is 13.0 Å². The first-order valence-corrected chi connectivity index (χ1v) is 5.74. The molecular formula is C12H17N3O3. The van der Waals surface area contributed by atoms with E-state index in [9.17, 15) is 14.9 Å². The summed E-state index contributed by atoms with van der Waals surface area (Å²) in [6.45, 7) is 3.64. The van der Waals surface area contributed by atoms with Crippen molar-refractivity contribution >= 4 is 17.3 Å². The highest BCUT2D eigenvalue weighted by Gasteiger charge is 2.16. The lowest BCUT2D eigenvalue weighted by atomic mass is 10.1. The van der Waals surface area contributed by atoms with Crippen LogP contribution in [0.4, 0.5) is 11.4 Å². The van der Waals surface area contributed by atoms with E-state index in [4.69, 9.17) is 5.73 Å². The number of hydrogen-bond donors (Lipinski definition) is 2. The van der Waals surface area contributed by atoms with Crippen molar-refractivity contribution in [3.05, 3.63) is 33.9 Å². The highest BCUT2D eigenvalue weighted by atomic mass is 16.6. The third-order valence-electron chi connectivity index (χ3n) is 2.60. The zero-order valence-corrected chi connectivity index (χ0v) is 10.5. The van der Waals surface area contributed by atoms with Crippen LogP contribution in [0.15, 0.2) is 18.2 Å². The Bertz CT molecular complexity index is 460. The molecule has 6 nitrogen and oxygen atoms in total. The Morgan fingerprint density at radius 2 is 2.22 bits per heavy atom. The van der Waals surface area contributed by atoms with Crippen LogP contribution in [0.3, 0.4) is 0 Å². The highest BCUT2D eigenvalue weighted by molar-refractivity contribution is 5.93. The fourth-order valence-electron chi connectivity index (χ4n) is 1.48. The van der Waals surface area contributed by atoms with E-state index in [0.29, 0.717) is 6.42 Å². The zero-order valence-electron chi connectivity index (χ0n) is 10.5. The quantitative estimate of drug-likeness (QED) is 0.617. The average molecular weight is 251 g/mol. The van der Waals surface area contributed by atoms with Crippen LogP contribution in [-0.2, 0) is 4.79 Å². The predicted octanol–water partition coefficient (Wildman–Crippen LogP) is 1.97. The van der Waals surface area contributed by atoms with Gasteiger partial charge in [0.25, 0.3) is 5.69 Å². The molecule has 0 radical (unpaired) electrons. The Morgan fingerprint density at radius 1 is 1.56 bits per heavy atom. The van der Waals surface area contributed by atoms with Crippen molar-refractivity contribution in [1.29, 1.82) is 0 Å². The molecule has 1 amide bonds. The van der Waals surface area contributed by atoms with Crippen molar-refractivity contribution < 1.29 is 9.72 Å². The summed E-state index contributed by atoms with van der Waals surface area (Å²) in [5.41, 5.74) is 6.53. The van der Waals surface area contributed by atoms with Gasteiger partial charge in [0.05, 0.1) is 4.92 Å². The molecular weight excluding hydrogens is 234 g/mol. The fourth-order valence-corrected chi connectivity index (χ4v) is 1.48. The number of carbonyl (C=O) groups excluding carboxylic acids is 1. The van der Waals surface area contributed by atoms with Gasteiger partial charge in [-0.15, -0.1) is 0 Å². The Morgan fingerprint density at radius 3 is 2.78 bits per heavy atom. The monoisotopic (exact) mass is 251 g/mol. The molecule has 0 aromatic heterocycles. The number of benzene rings is 1. The molecule has 0 bridgehead atoms. The molecule has 6 heteroatoms. The molecule has 0 spiro atoms. The van der Waals surface area contributed by atoms with Crippen molar-refractivity contribution in [2.45, 2.75) is 32.7 Å². The maximum Gasteiger partial charge on any atom is 0.293 e. The standard InChI is InChI=1S/C12H17N3O3/c1-3-9(13)7-12(16)14-10-5-4-8(2)6-11(10)15(17)18/h4-6,9H,3,7,13H2,1-2H3,(H,14,16). The number of nitrogens with two attached hydrogens (primary N) is 1. The second-order valence-electron chi connectivity index (χ2n) is 4.20. The molecule has 1 atom stereocenters. The van der Waals surface area contributed by atoms with Crippen LogP contribution in [0.1, 0.15) is 25.3 Å². The molecule has 0 saturated heterocycles. The average Bonchev–Trinajstić information content (AvgIpc) is 2.30. The molecule has 1 aromatic rings. The molecule has 3 N–H and O–H groups in total. The van der Waals surface area contributed by atoms with Crippen LogP contribution in [0.5, 0.6) is 0 Å². The molecule has 1 rings (SSSR count). The van der Waals surface area contributed by atoms with Crippen LogP contribution in [0, 0.1) is 17.0 Å². The van der Waals surface area contributed by atoms with Gasteiger partial charge < -0.3 is 11.1 Å². The molecule has 1 aromatic carbocycles. The minimum Gasteiger partial charge on any atom is -0.327 e. The number of nitrogens with zero attached hydrogens (tertiary/aromatic N) is 1. The van der Waals surface area contributed by atoms with Crippen LogP contribution in [0.25, 0.3) is 0 Å². The largest absolute Gasteiger partial charge is 0.327 e. The Balaban J connectivity index is 2.84. The van der Waals surface area contributed by atoms with Gasteiger partial charge in [-0.05, 0) is 25.0 Å². The summed E-state index contributed by atoms with van der Waals surface area (Å²) in [7, 11) is 0. The number of aryl methyl sites for hydroxylation is 1. The van der Waals surface area contributed by atoms with E-state index in [2.05, 4.69) is 5.32 Å². The smallest absolute Gasteiger partial charge is 0.293 e. The van der Waals surface area contributed by atoms with Crippen LogP contribution in [0.2, 0.25) is 0 Å². The van der Waals surface area contributed by atoms with Crippen molar-refractivity contribution in [3.8, 4) is 0 Å². The van der Waals surface area contributed by atoms with E-state index in [1.54, 1.807) is 13.0 Å². The van der Waals surface area contributed by atoms with E-state index in [1.807, 2.05) is 6.92 Å². The van der Waals surface area contributed by atoms with Crippen LogP contribution < -0.4 is 11.1 Å². The first-order valence-electron chi connectivity index (χ1n) is 5.74. The van der Waals surface area contributed by atoms with Crippen LogP contribution in [-0.4, -0.2) is 16.9 Å². The van der Waals surface area contributed by atoms with Gasteiger partial charge in [0, 0.05) is 18.5 Å². The molecule has 18 heavy (non-hydrogen) atoms. The zero-order chi connectivity index (χ0) is 13.7. The second-order valence-corrected chi connectivity index (χ2v) is 4.20. The summed E-state index contributed by atoms with van der Waals surface area (Å²) in [5.74, 6) is -0.309. The summed E-state index contributed by atoms with van der Waals surface area (Å²) in [5, 5.41) is 13.4. The van der Waals surface area contributed by atoms with Gasteiger partial charge in [-0.3, -0.25) is 14.9 Å². The summed E-state index contributed by atoms with van der Waals surface area (Å²) >= 11 is 0. The van der Waals surface area contributed by atoms with Crippen molar-refractivity contribution in [1.82, 2.24) is 0 Å². The van der Waals surface area contributed by atoms with Gasteiger partial charge in [-0.25, -0.2) is 0 Å². The Labute approximate surface area is 105 Å². The molecule has 0 saturated carbocycles. The maximum absolute atomic E-state index is 11.6. The molecule has 0 aliphatic rings. The van der Waals surface area contributed by atoms with Gasteiger partial charge in [0.1, 0.15) is 5.69 Å². The molecule has 1 unspecified atom stereocenters. The predicted molar refractivity (Wildman–Crippen MR) is 69.3 cm³/mol. The minimum atomic E-state index is -0.512. The van der Waals surface area contributed by atoms with Gasteiger partial charge in [0.2, 0.25) is 5.91 Å². The molecule has 98 valence electrons. The van der Waals surface area contributed by atoms with Gasteiger partial charge in [0.15, 0.2) is 0 Å². The minimum absolute atomic E-state index is 0.103. The lowest BCUT2D eigenvalue weighted by Gasteiger charge is -2.09. The van der Waals surface area contributed by atoms with Crippen molar-refractivity contribution in [3.63, 3.8) is 0 Å². The second kappa shape index (κ2) is 6.11.